The molecule has 0 aliphatic carbocycles. The van der Waals surface area contributed by atoms with Crippen LogP contribution >= 0.6 is 0 Å². The lowest BCUT2D eigenvalue weighted by Crippen LogP contribution is -2.37. The van der Waals surface area contributed by atoms with E-state index >= 15 is 0 Å². The molecule has 1 atom stereocenters. The second-order valence-corrected chi connectivity index (χ2v) is 4.82. The number of hydrazine groups is 1. The molecular weight excluding hydrogens is 274 g/mol. The first-order chi connectivity index (χ1) is 10.2. The van der Waals surface area contributed by atoms with Crippen molar-refractivity contribution in [1.29, 1.82) is 0 Å². The number of hydrogen-bond acceptors (Lipinski definition) is 7. The van der Waals surface area contributed by atoms with Gasteiger partial charge in [0.15, 0.2) is 17.3 Å². The van der Waals surface area contributed by atoms with E-state index in [1.807, 2.05) is 10.6 Å². The third kappa shape index (κ3) is 2.55. The minimum atomic E-state index is -0.418. The van der Waals surface area contributed by atoms with Crippen LogP contribution in [0.5, 0.6) is 0 Å². The Hall–Kier alpha value is -2.55. The second-order valence-electron chi connectivity index (χ2n) is 4.82. The Morgan fingerprint density at radius 2 is 2.43 bits per heavy atom. The zero-order valence-electron chi connectivity index (χ0n) is 11.6. The standard InChI is InChI=1S/C12H17N7O2/c1-21-12(20)15-8-2-4-18(6-8)11-10-14-3-5-19(10)7-9(16-11)17-13/h3,5,7-8,17H,2,4,6,13H2,1H3,(H,15,20). The summed E-state index contributed by atoms with van der Waals surface area (Å²) in [6.07, 6.45) is 5.72. The van der Waals surface area contributed by atoms with E-state index in [1.165, 1.54) is 7.11 Å². The number of aromatic nitrogens is 3. The minimum Gasteiger partial charge on any atom is -0.453 e. The van der Waals surface area contributed by atoms with Gasteiger partial charge in [0.2, 0.25) is 0 Å². The molecule has 1 fully saturated rings. The van der Waals surface area contributed by atoms with Crippen molar-refractivity contribution < 1.29 is 9.53 Å². The maximum atomic E-state index is 11.3. The van der Waals surface area contributed by atoms with E-state index in [0.29, 0.717) is 12.4 Å². The molecule has 2 aromatic rings. The summed E-state index contributed by atoms with van der Waals surface area (Å²) in [5.41, 5.74) is 3.31. The summed E-state index contributed by atoms with van der Waals surface area (Å²) in [5, 5.41) is 2.80. The van der Waals surface area contributed by atoms with Crippen LogP contribution in [0.3, 0.4) is 0 Å². The number of imidazole rings is 1. The molecule has 1 amide bonds. The van der Waals surface area contributed by atoms with Crippen LogP contribution in [0, 0.1) is 0 Å². The number of carbonyl (C=O) groups excluding carboxylic acids is 1. The fourth-order valence-corrected chi connectivity index (χ4v) is 2.49. The van der Waals surface area contributed by atoms with Crippen LogP contribution in [0.25, 0.3) is 5.65 Å². The highest BCUT2D eigenvalue weighted by Gasteiger charge is 2.27. The predicted molar refractivity (Wildman–Crippen MR) is 77.0 cm³/mol. The zero-order chi connectivity index (χ0) is 14.8. The Labute approximate surface area is 121 Å². The number of ether oxygens (including phenoxy) is 1. The highest BCUT2D eigenvalue weighted by atomic mass is 16.5. The maximum absolute atomic E-state index is 11.3. The number of fused-ring (bicyclic) bond motifs is 1. The van der Waals surface area contributed by atoms with Crippen molar-refractivity contribution in [3.05, 3.63) is 18.6 Å². The fraction of sp³-hybridized carbons (Fsp3) is 0.417. The molecule has 112 valence electrons. The molecule has 9 heteroatoms. The molecule has 0 spiro atoms. The topological polar surface area (TPSA) is 110 Å². The van der Waals surface area contributed by atoms with E-state index in [2.05, 4.69) is 30.3 Å². The maximum Gasteiger partial charge on any atom is 0.407 e. The number of methoxy groups -OCH3 is 1. The summed E-state index contributed by atoms with van der Waals surface area (Å²) in [5.74, 6) is 6.75. The normalized spacial score (nSPS) is 18.0. The lowest BCUT2D eigenvalue weighted by atomic mass is 10.3. The number of alkyl carbamates (subject to hydrolysis) is 1. The Morgan fingerprint density at radius 1 is 1.57 bits per heavy atom. The van der Waals surface area contributed by atoms with Crippen molar-refractivity contribution in [2.24, 2.45) is 5.84 Å². The van der Waals surface area contributed by atoms with Gasteiger partial charge in [0.25, 0.3) is 0 Å². The molecule has 1 aliphatic rings. The lowest BCUT2D eigenvalue weighted by Gasteiger charge is -2.19. The van der Waals surface area contributed by atoms with Crippen molar-refractivity contribution in [2.45, 2.75) is 12.5 Å². The number of nitrogens with two attached hydrogens (primary N) is 1. The molecule has 1 saturated heterocycles. The van der Waals surface area contributed by atoms with Crippen molar-refractivity contribution in [2.75, 3.05) is 30.5 Å². The second kappa shape index (κ2) is 5.44. The van der Waals surface area contributed by atoms with Crippen LogP contribution in [0.15, 0.2) is 18.6 Å². The monoisotopic (exact) mass is 291 g/mol. The SMILES string of the molecule is COC(=O)NC1CCN(c2nc(NN)cn3ccnc23)C1. The number of amides is 1. The largest absolute Gasteiger partial charge is 0.453 e. The van der Waals surface area contributed by atoms with Gasteiger partial charge >= 0.3 is 6.09 Å². The molecule has 1 aliphatic heterocycles. The summed E-state index contributed by atoms with van der Waals surface area (Å²) >= 11 is 0. The van der Waals surface area contributed by atoms with Crippen molar-refractivity contribution in [1.82, 2.24) is 19.7 Å². The van der Waals surface area contributed by atoms with Crippen LogP contribution < -0.4 is 21.5 Å². The van der Waals surface area contributed by atoms with Gasteiger partial charge in [0.1, 0.15) is 0 Å². The molecule has 3 heterocycles. The minimum absolute atomic E-state index is 0.0313. The van der Waals surface area contributed by atoms with Crippen LogP contribution in [0.2, 0.25) is 0 Å². The highest BCUT2D eigenvalue weighted by Crippen LogP contribution is 2.24. The molecule has 0 aromatic carbocycles. The zero-order valence-corrected chi connectivity index (χ0v) is 11.6. The number of hydrogen-bond donors (Lipinski definition) is 3. The average molecular weight is 291 g/mol. The van der Waals surface area contributed by atoms with Crippen molar-refractivity contribution in [3.63, 3.8) is 0 Å². The summed E-state index contributed by atoms with van der Waals surface area (Å²) in [7, 11) is 1.36. The quantitative estimate of drug-likeness (QED) is 0.537. The van der Waals surface area contributed by atoms with Gasteiger partial charge in [-0.1, -0.05) is 0 Å². The summed E-state index contributed by atoms with van der Waals surface area (Å²) in [6, 6.07) is 0.0313. The first-order valence-corrected chi connectivity index (χ1v) is 6.61. The Kier molecular flexibility index (Phi) is 3.48. The molecular formula is C12H17N7O2. The van der Waals surface area contributed by atoms with E-state index in [4.69, 9.17) is 5.84 Å². The van der Waals surface area contributed by atoms with E-state index in [9.17, 15) is 4.79 Å². The molecule has 9 nitrogen and oxygen atoms in total. The smallest absolute Gasteiger partial charge is 0.407 e. The third-order valence-corrected chi connectivity index (χ3v) is 3.50. The lowest BCUT2D eigenvalue weighted by molar-refractivity contribution is 0.167. The van der Waals surface area contributed by atoms with E-state index in [1.54, 1.807) is 12.4 Å². The van der Waals surface area contributed by atoms with Gasteiger partial charge in [-0.25, -0.2) is 20.6 Å². The average Bonchev–Trinajstić information content (AvgIpc) is 3.14. The number of carbonyl (C=O) groups is 1. The predicted octanol–water partition coefficient (Wildman–Crippen LogP) is -0.0504. The van der Waals surface area contributed by atoms with Crippen molar-refractivity contribution >= 4 is 23.4 Å². The molecule has 0 bridgehead atoms. The van der Waals surface area contributed by atoms with E-state index in [0.717, 1.165) is 24.4 Å². The molecule has 3 rings (SSSR count). The first kappa shape index (κ1) is 13.4. The highest BCUT2D eigenvalue weighted by molar-refractivity contribution is 5.69. The van der Waals surface area contributed by atoms with Crippen molar-refractivity contribution in [3.8, 4) is 0 Å². The Morgan fingerprint density at radius 3 is 3.19 bits per heavy atom. The van der Waals surface area contributed by atoms with Gasteiger partial charge in [-0.15, -0.1) is 0 Å². The number of rotatable bonds is 3. The summed E-state index contributed by atoms with van der Waals surface area (Å²) in [4.78, 5) is 22.1. The van der Waals surface area contributed by atoms with Gasteiger partial charge in [-0.2, -0.15) is 0 Å². The molecule has 4 N–H and O–H groups in total. The van der Waals surface area contributed by atoms with Crippen LogP contribution in [-0.2, 0) is 4.74 Å². The summed E-state index contributed by atoms with van der Waals surface area (Å²) < 4.78 is 6.48. The molecule has 21 heavy (non-hydrogen) atoms. The molecule has 0 radical (unpaired) electrons. The van der Waals surface area contributed by atoms with Gasteiger partial charge in [0.05, 0.1) is 19.3 Å². The number of anilines is 2. The van der Waals surface area contributed by atoms with Gasteiger partial charge < -0.3 is 24.8 Å². The van der Waals surface area contributed by atoms with Gasteiger partial charge in [-0.3, -0.25) is 0 Å². The fourth-order valence-electron chi connectivity index (χ4n) is 2.49. The molecule has 1 unspecified atom stereocenters. The number of nitrogens with one attached hydrogen (secondary N) is 2. The van der Waals surface area contributed by atoms with Crippen LogP contribution in [0.1, 0.15) is 6.42 Å². The Balaban J connectivity index is 1.84. The van der Waals surface area contributed by atoms with Gasteiger partial charge in [0, 0.05) is 25.5 Å². The van der Waals surface area contributed by atoms with Crippen LogP contribution in [-0.4, -0.2) is 46.7 Å². The number of nitrogens with zero attached hydrogens (tertiary/aromatic N) is 4. The summed E-state index contributed by atoms with van der Waals surface area (Å²) in [6.45, 7) is 1.43. The first-order valence-electron chi connectivity index (χ1n) is 6.61. The molecule has 2 aromatic heterocycles. The van der Waals surface area contributed by atoms with E-state index < -0.39 is 6.09 Å². The third-order valence-electron chi connectivity index (χ3n) is 3.50. The van der Waals surface area contributed by atoms with Gasteiger partial charge in [-0.05, 0) is 6.42 Å². The van der Waals surface area contributed by atoms with Crippen LogP contribution in [0.4, 0.5) is 16.4 Å². The van der Waals surface area contributed by atoms with E-state index in [-0.39, 0.29) is 6.04 Å². The Bertz CT molecular complexity index is 656. The number of nitrogen functional groups attached to an aromatic ring is 1. The molecule has 0 saturated carbocycles.